The topological polar surface area (TPSA) is 93.2 Å². The molecule has 2 saturated heterocycles. The number of nitrogens with zero attached hydrogens (tertiary/aromatic N) is 2. The van der Waals surface area contributed by atoms with Crippen molar-refractivity contribution in [2.24, 2.45) is 0 Å². The number of carbonyl (C=O) groups is 4. The normalized spacial score (nSPS) is 17.2. The molecule has 2 aliphatic rings. The van der Waals surface area contributed by atoms with Gasteiger partial charge in [0.2, 0.25) is 11.8 Å². The smallest absolute Gasteiger partial charge is 0.331 e. The molecular weight excluding hydrogens is 460 g/mol. The molecule has 8 heteroatoms. The number of ether oxygens (including phenoxy) is 2. The van der Waals surface area contributed by atoms with Crippen LogP contribution in [0, 0.1) is 0 Å². The number of unbranched alkanes of at least 4 members (excludes halogenated alkanes) is 6. The Kier molecular flexibility index (Phi) is 15.6. The van der Waals surface area contributed by atoms with E-state index in [2.05, 4.69) is 0 Å². The highest BCUT2D eigenvalue weighted by Gasteiger charge is 2.16. The van der Waals surface area contributed by atoms with Crippen molar-refractivity contribution >= 4 is 23.8 Å². The van der Waals surface area contributed by atoms with Gasteiger partial charge < -0.3 is 19.3 Å². The second kappa shape index (κ2) is 18.8. The minimum atomic E-state index is -0.537. The molecule has 0 aromatic rings. The minimum Gasteiger partial charge on any atom is -0.463 e. The molecule has 2 rings (SSSR count). The fourth-order valence-corrected chi connectivity index (χ4v) is 4.64. The van der Waals surface area contributed by atoms with Gasteiger partial charge in [-0.05, 0) is 64.2 Å². The van der Waals surface area contributed by atoms with Crippen LogP contribution in [0.4, 0.5) is 0 Å². The lowest BCUT2D eigenvalue weighted by molar-refractivity contribution is -0.140. The largest absolute Gasteiger partial charge is 0.463 e. The van der Waals surface area contributed by atoms with Gasteiger partial charge in [-0.15, -0.1) is 0 Å². The molecule has 0 radical (unpaired) electrons. The summed E-state index contributed by atoms with van der Waals surface area (Å²) in [4.78, 5) is 51.4. The molecule has 0 aromatic heterocycles. The molecule has 0 unspecified atom stereocenters. The number of likely N-dealkylation sites (tertiary alicyclic amines) is 2. The molecule has 2 amide bonds. The third-order valence-corrected chi connectivity index (χ3v) is 6.83. The molecule has 204 valence electrons. The van der Waals surface area contributed by atoms with Crippen LogP contribution in [0.25, 0.3) is 0 Å². The van der Waals surface area contributed by atoms with Gasteiger partial charge in [0.25, 0.3) is 0 Å². The maximum Gasteiger partial charge on any atom is 0.331 e. The van der Waals surface area contributed by atoms with Gasteiger partial charge >= 0.3 is 11.9 Å². The van der Waals surface area contributed by atoms with Crippen molar-refractivity contribution in [1.82, 2.24) is 9.80 Å². The second-order valence-electron chi connectivity index (χ2n) is 9.88. The average Bonchev–Trinajstić information content (AvgIpc) is 3.20. The second-order valence-corrected chi connectivity index (χ2v) is 9.88. The van der Waals surface area contributed by atoms with Gasteiger partial charge in [0.15, 0.2) is 0 Å². The summed E-state index contributed by atoms with van der Waals surface area (Å²) in [7, 11) is 0. The van der Waals surface area contributed by atoms with E-state index in [1.165, 1.54) is 0 Å². The zero-order valence-electron chi connectivity index (χ0n) is 22.1. The Morgan fingerprint density at radius 1 is 0.583 bits per heavy atom. The lowest BCUT2D eigenvalue weighted by atomic mass is 10.2. The molecule has 0 bridgehead atoms. The third kappa shape index (κ3) is 13.6. The van der Waals surface area contributed by atoms with Crippen molar-refractivity contribution in [3.05, 3.63) is 12.2 Å². The van der Waals surface area contributed by atoms with Crippen LogP contribution in [0.5, 0.6) is 0 Å². The van der Waals surface area contributed by atoms with Crippen LogP contribution in [-0.2, 0) is 28.7 Å². The molecule has 0 aromatic carbocycles. The van der Waals surface area contributed by atoms with Gasteiger partial charge in [0, 0.05) is 51.2 Å². The molecule has 8 nitrogen and oxygen atoms in total. The molecule has 2 fully saturated rings. The highest BCUT2D eigenvalue weighted by Crippen LogP contribution is 2.13. The Hall–Kier alpha value is -2.38. The van der Waals surface area contributed by atoms with Crippen molar-refractivity contribution < 1.29 is 28.7 Å². The first-order valence-electron chi connectivity index (χ1n) is 14.1. The predicted molar refractivity (Wildman–Crippen MR) is 138 cm³/mol. The van der Waals surface area contributed by atoms with Gasteiger partial charge in [-0.3, -0.25) is 9.59 Å². The van der Waals surface area contributed by atoms with Crippen LogP contribution in [0.3, 0.4) is 0 Å². The lowest BCUT2D eigenvalue weighted by Crippen LogP contribution is -2.31. The predicted octanol–water partition coefficient (Wildman–Crippen LogP) is 4.56. The summed E-state index contributed by atoms with van der Waals surface area (Å²) < 4.78 is 10.3. The molecule has 0 spiro atoms. The number of amides is 2. The molecule has 2 heterocycles. The Morgan fingerprint density at radius 3 is 1.44 bits per heavy atom. The number of esters is 2. The van der Waals surface area contributed by atoms with Crippen molar-refractivity contribution in [1.29, 1.82) is 0 Å². The SMILES string of the molecule is O=C(C=CC(=O)OCCCCCCN1CCCCCC1=O)OCCCCCCN1CCCCCC1=O. The minimum absolute atomic E-state index is 0.282. The van der Waals surface area contributed by atoms with Gasteiger partial charge in [0.05, 0.1) is 13.2 Å². The molecule has 36 heavy (non-hydrogen) atoms. The zero-order chi connectivity index (χ0) is 25.8. The van der Waals surface area contributed by atoms with Crippen LogP contribution in [0.15, 0.2) is 12.2 Å². The monoisotopic (exact) mass is 506 g/mol. The lowest BCUT2D eigenvalue weighted by Gasteiger charge is -2.20. The zero-order valence-corrected chi connectivity index (χ0v) is 22.1. The molecule has 0 atom stereocenters. The van der Waals surface area contributed by atoms with Crippen LogP contribution in [0.1, 0.15) is 103 Å². The van der Waals surface area contributed by atoms with Crippen molar-refractivity contribution in [2.45, 2.75) is 103 Å². The molecule has 0 N–H and O–H groups in total. The highest BCUT2D eigenvalue weighted by atomic mass is 16.5. The third-order valence-electron chi connectivity index (χ3n) is 6.83. The summed E-state index contributed by atoms with van der Waals surface area (Å²) in [5.74, 6) is -0.511. The fourth-order valence-electron chi connectivity index (χ4n) is 4.64. The number of hydrogen-bond donors (Lipinski definition) is 0. The Bertz CT molecular complexity index is 650. The Morgan fingerprint density at radius 2 is 1.00 bits per heavy atom. The van der Waals surface area contributed by atoms with E-state index in [9.17, 15) is 19.2 Å². The first-order chi connectivity index (χ1) is 17.6. The van der Waals surface area contributed by atoms with E-state index in [-0.39, 0.29) is 11.8 Å². The quantitative estimate of drug-likeness (QED) is 0.173. The Balaban J connectivity index is 1.39. The van der Waals surface area contributed by atoms with E-state index in [1.807, 2.05) is 9.80 Å². The van der Waals surface area contributed by atoms with E-state index in [0.717, 1.165) is 128 Å². The van der Waals surface area contributed by atoms with E-state index in [1.54, 1.807) is 0 Å². The van der Waals surface area contributed by atoms with Gasteiger partial charge in [-0.2, -0.15) is 0 Å². The van der Waals surface area contributed by atoms with Crippen LogP contribution in [0.2, 0.25) is 0 Å². The summed E-state index contributed by atoms with van der Waals surface area (Å²) >= 11 is 0. The fraction of sp³-hybridized carbons (Fsp3) is 0.786. The maximum atomic E-state index is 12.0. The summed E-state index contributed by atoms with van der Waals surface area (Å²) in [5, 5.41) is 0. The highest BCUT2D eigenvalue weighted by molar-refractivity contribution is 5.91. The van der Waals surface area contributed by atoms with Crippen LogP contribution >= 0.6 is 0 Å². The molecule has 2 aliphatic heterocycles. The van der Waals surface area contributed by atoms with Crippen molar-refractivity contribution in [2.75, 3.05) is 39.4 Å². The maximum absolute atomic E-state index is 12.0. The Labute approximate surface area is 216 Å². The van der Waals surface area contributed by atoms with E-state index in [0.29, 0.717) is 26.1 Å². The van der Waals surface area contributed by atoms with Crippen molar-refractivity contribution in [3.63, 3.8) is 0 Å². The summed E-state index contributed by atoms with van der Waals surface area (Å²) in [6.07, 6.45) is 17.5. The number of carbonyl (C=O) groups excluding carboxylic acids is 4. The van der Waals surface area contributed by atoms with Crippen molar-refractivity contribution in [3.8, 4) is 0 Å². The first-order valence-corrected chi connectivity index (χ1v) is 14.1. The molecular formula is C28H46N2O6. The average molecular weight is 507 g/mol. The van der Waals surface area contributed by atoms with Gasteiger partial charge in [-0.1, -0.05) is 25.7 Å². The van der Waals surface area contributed by atoms with Gasteiger partial charge in [0.1, 0.15) is 0 Å². The van der Waals surface area contributed by atoms with E-state index >= 15 is 0 Å². The number of hydrogen-bond acceptors (Lipinski definition) is 6. The first kappa shape index (κ1) is 29.8. The standard InChI is InChI=1S/C28H46N2O6/c31-25-15-7-5-11-21-29(25)19-9-1-3-13-23-35-27(33)17-18-28(34)36-24-14-4-2-10-20-30-22-12-6-8-16-26(30)32/h17-18H,1-16,19-24H2. The summed E-state index contributed by atoms with van der Waals surface area (Å²) in [6.45, 7) is 4.06. The number of rotatable bonds is 16. The summed E-state index contributed by atoms with van der Waals surface area (Å²) in [5.41, 5.74) is 0. The molecule has 0 aliphatic carbocycles. The molecule has 0 saturated carbocycles. The van der Waals surface area contributed by atoms with E-state index < -0.39 is 11.9 Å². The van der Waals surface area contributed by atoms with Crippen LogP contribution < -0.4 is 0 Å². The van der Waals surface area contributed by atoms with Gasteiger partial charge in [-0.25, -0.2) is 9.59 Å². The van der Waals surface area contributed by atoms with E-state index in [4.69, 9.17) is 9.47 Å². The summed E-state index contributed by atoms with van der Waals surface area (Å²) in [6, 6.07) is 0. The van der Waals surface area contributed by atoms with Crippen LogP contribution in [-0.4, -0.2) is 72.9 Å².